The molecule has 0 spiro atoms. The van der Waals surface area contributed by atoms with E-state index in [1.165, 1.54) is 6.08 Å². The van der Waals surface area contributed by atoms with Crippen LogP contribution < -0.4 is 9.47 Å². The number of rotatable bonds is 6. The fraction of sp³-hybridized carbons (Fsp3) is 0.256. The van der Waals surface area contributed by atoms with Crippen LogP contribution in [0.25, 0.3) is 0 Å². The molecule has 2 heterocycles. The molecule has 10 N–H and O–H groups in total. The van der Waals surface area contributed by atoms with Crippen LogP contribution in [0.5, 0.6) is 69.0 Å². The summed E-state index contributed by atoms with van der Waals surface area (Å²) in [6, 6.07) is 7.29. The van der Waals surface area contributed by atoms with Crippen molar-refractivity contribution < 1.29 is 98.8 Å². The molecule has 20 heteroatoms. The Morgan fingerprint density at radius 2 is 1.00 bits per heavy atom. The summed E-state index contributed by atoms with van der Waals surface area (Å²) < 4.78 is 24.0. The number of ketones is 4. The van der Waals surface area contributed by atoms with Gasteiger partial charge in [0.25, 0.3) is 0 Å². The first-order valence-corrected chi connectivity index (χ1v) is 19.0. The first-order valence-electron chi connectivity index (χ1n) is 19.0. The Morgan fingerprint density at radius 3 is 1.52 bits per heavy atom. The maximum Gasteiger partial charge on any atom is 0.338 e. The summed E-state index contributed by atoms with van der Waals surface area (Å²) >= 11 is 0. The summed E-state index contributed by atoms with van der Waals surface area (Å²) in [5.74, 6) is -19.7. The number of fused-ring (bicyclic) bond motifs is 3. The minimum atomic E-state index is -1.97. The predicted octanol–water partition coefficient (Wildman–Crippen LogP) is 2.36. The zero-order chi connectivity index (χ0) is 45.3. The summed E-state index contributed by atoms with van der Waals surface area (Å²) in [5.41, 5.74) is -1.02. The van der Waals surface area contributed by atoms with Gasteiger partial charge in [0, 0.05) is 72.9 Å². The number of benzene rings is 4. The molecule has 4 aliphatic rings. The van der Waals surface area contributed by atoms with Crippen LogP contribution in [0, 0.1) is 17.8 Å². The molecule has 0 radical (unpaired) electrons. The Balaban J connectivity index is 1.23. The van der Waals surface area contributed by atoms with Gasteiger partial charge in [0.1, 0.15) is 52.8 Å². The summed E-state index contributed by atoms with van der Waals surface area (Å²) in [5, 5.41) is 102. The number of hydrogen-bond acceptors (Lipinski definition) is 20. The molecule has 326 valence electrons. The summed E-state index contributed by atoms with van der Waals surface area (Å²) in [6.45, 7) is 0. The van der Waals surface area contributed by atoms with Gasteiger partial charge in [0.05, 0.1) is 17.0 Å². The highest BCUT2D eigenvalue weighted by Crippen LogP contribution is 2.48. The van der Waals surface area contributed by atoms with Gasteiger partial charge < -0.3 is 70.0 Å². The molecule has 63 heavy (non-hydrogen) atoms. The lowest BCUT2D eigenvalue weighted by Gasteiger charge is -2.43. The first-order chi connectivity index (χ1) is 29.8. The highest BCUT2D eigenvalue weighted by atomic mass is 16.6. The second-order valence-electron chi connectivity index (χ2n) is 15.4. The maximum atomic E-state index is 14.0. The predicted molar refractivity (Wildman–Crippen MR) is 205 cm³/mol. The molecular weight excluding hydrogens is 836 g/mol. The molecule has 7 atom stereocenters. The third-order valence-corrected chi connectivity index (χ3v) is 11.5. The van der Waals surface area contributed by atoms with Gasteiger partial charge in [-0.2, -0.15) is 0 Å². The van der Waals surface area contributed by atoms with E-state index in [1.807, 2.05) is 0 Å². The van der Waals surface area contributed by atoms with E-state index in [9.17, 15) is 79.8 Å². The van der Waals surface area contributed by atoms with Crippen molar-refractivity contribution in [1.29, 1.82) is 0 Å². The third-order valence-electron chi connectivity index (χ3n) is 11.5. The van der Waals surface area contributed by atoms with Crippen molar-refractivity contribution >= 4 is 35.1 Å². The van der Waals surface area contributed by atoms with Crippen LogP contribution in [0.3, 0.4) is 0 Å². The van der Waals surface area contributed by atoms with Crippen LogP contribution in [-0.4, -0.2) is 111 Å². The normalized spacial score (nSPS) is 24.1. The maximum absolute atomic E-state index is 14.0. The Hall–Kier alpha value is -8.16. The van der Waals surface area contributed by atoms with Gasteiger partial charge in [0.15, 0.2) is 46.4 Å². The number of Topliss-reactive ketones (excluding diaryl/α,β-unsaturated/α-hetero) is 4. The Kier molecular flexibility index (Phi) is 10.2. The monoisotopic (exact) mass is 870 g/mol. The second kappa shape index (κ2) is 15.4. The Labute approximate surface area is 352 Å². The van der Waals surface area contributed by atoms with Crippen LogP contribution >= 0.6 is 0 Å². The van der Waals surface area contributed by atoms with Crippen molar-refractivity contribution in [3.8, 4) is 69.0 Å². The molecule has 1 fully saturated rings. The number of hydrogen-bond donors (Lipinski definition) is 10. The van der Waals surface area contributed by atoms with E-state index < -0.39 is 159 Å². The number of esters is 2. The van der Waals surface area contributed by atoms with Crippen molar-refractivity contribution in [2.75, 3.05) is 0 Å². The lowest BCUT2D eigenvalue weighted by molar-refractivity contribution is -0.153. The van der Waals surface area contributed by atoms with Crippen molar-refractivity contribution in [3.63, 3.8) is 0 Å². The van der Waals surface area contributed by atoms with E-state index in [4.69, 9.17) is 18.9 Å². The first kappa shape index (κ1) is 41.6. The molecule has 20 nitrogen and oxygen atoms in total. The number of aromatic hydroxyl groups is 10. The molecule has 4 aromatic rings. The van der Waals surface area contributed by atoms with E-state index in [0.29, 0.717) is 0 Å². The van der Waals surface area contributed by atoms with Crippen LogP contribution in [-0.2, 0) is 41.5 Å². The van der Waals surface area contributed by atoms with Crippen molar-refractivity contribution in [2.45, 2.75) is 50.1 Å². The lowest BCUT2D eigenvalue weighted by atomic mass is 9.65. The van der Waals surface area contributed by atoms with E-state index in [1.54, 1.807) is 0 Å². The topological polar surface area (TPSA) is 342 Å². The van der Waals surface area contributed by atoms with Gasteiger partial charge in [-0.1, -0.05) is 6.08 Å². The quantitative estimate of drug-likeness (QED) is 0.0437. The standard InChI is InChI=1S/C43H34O20/c44-17-7-23(46)21-12-33(62-42(58)15-3-25(48)36(54)26(49)4-15)40(60-31(21)9-17)14-1-19-20(11-30(53)39(57)35(19)38(56)29(52)2-14)41-34(13-22-24(47)8-18(45)10-32(22)61-41)63-43(59)16-5-27(50)37(55)28(51)6-16/h1,3-10,19-20,33-35,40-41,44-51,54-55H,2,11-13H2. The van der Waals surface area contributed by atoms with E-state index in [0.717, 1.165) is 48.5 Å². The van der Waals surface area contributed by atoms with E-state index in [2.05, 4.69) is 0 Å². The molecule has 0 amide bonds. The molecule has 1 saturated carbocycles. The number of phenolic OH excluding ortho intramolecular Hbond substituents is 10. The van der Waals surface area contributed by atoms with Gasteiger partial charge in [-0.3, -0.25) is 19.2 Å². The minimum absolute atomic E-state index is 0.0112. The SMILES string of the molecule is O=C1CC(C2Oc3cc(O)cc(O)c3CC2OC(=O)c2cc(O)c(O)c(O)c2)=CC2C(C1=O)C(=O)C(=O)CC2C1Oc2cc(O)cc(O)c2CC1OC(=O)c1cc(O)c(O)c(O)c1. The van der Waals surface area contributed by atoms with Crippen LogP contribution in [0.1, 0.15) is 44.7 Å². The minimum Gasteiger partial charge on any atom is -0.508 e. The Morgan fingerprint density at radius 1 is 0.540 bits per heavy atom. The molecule has 7 unspecified atom stereocenters. The average molecular weight is 871 g/mol. The van der Waals surface area contributed by atoms with Gasteiger partial charge in [0.2, 0.25) is 17.3 Å². The zero-order valence-electron chi connectivity index (χ0n) is 32.1. The van der Waals surface area contributed by atoms with Gasteiger partial charge in [-0.15, -0.1) is 0 Å². The third kappa shape index (κ3) is 7.40. The highest BCUT2D eigenvalue weighted by molar-refractivity contribution is 6.51. The highest BCUT2D eigenvalue weighted by Gasteiger charge is 2.55. The number of carbonyl (C=O) groups excluding carboxylic acids is 6. The zero-order valence-corrected chi connectivity index (χ0v) is 32.1. The van der Waals surface area contributed by atoms with Gasteiger partial charge in [-0.25, -0.2) is 9.59 Å². The smallest absolute Gasteiger partial charge is 0.338 e. The number of ether oxygens (including phenoxy) is 4. The number of carbonyl (C=O) groups is 6. The van der Waals surface area contributed by atoms with Gasteiger partial charge in [-0.05, 0) is 29.8 Å². The molecule has 4 aromatic carbocycles. The molecule has 2 aliphatic heterocycles. The molecule has 0 saturated heterocycles. The lowest BCUT2D eigenvalue weighted by Crippen LogP contribution is -2.54. The second-order valence-corrected chi connectivity index (χ2v) is 15.4. The fourth-order valence-corrected chi connectivity index (χ4v) is 8.50. The largest absolute Gasteiger partial charge is 0.508 e. The molecule has 8 rings (SSSR count). The summed E-state index contributed by atoms with van der Waals surface area (Å²) in [4.78, 5) is 82.0. The Bertz CT molecular complexity index is 2670. The average Bonchev–Trinajstić information content (AvgIpc) is 3.35. The summed E-state index contributed by atoms with van der Waals surface area (Å²) in [6.07, 6.45) is -7.08. The van der Waals surface area contributed by atoms with Crippen LogP contribution in [0.15, 0.2) is 60.2 Å². The van der Waals surface area contributed by atoms with Crippen LogP contribution in [0.2, 0.25) is 0 Å². The number of phenols is 10. The fourth-order valence-electron chi connectivity index (χ4n) is 8.50. The molecule has 2 aliphatic carbocycles. The van der Waals surface area contributed by atoms with Crippen molar-refractivity contribution in [2.24, 2.45) is 17.8 Å². The molecular formula is C43H34O20. The molecule has 0 bridgehead atoms. The van der Waals surface area contributed by atoms with Gasteiger partial charge >= 0.3 is 11.9 Å². The summed E-state index contributed by atoms with van der Waals surface area (Å²) in [7, 11) is 0. The van der Waals surface area contributed by atoms with Crippen molar-refractivity contribution in [3.05, 3.63) is 82.4 Å². The van der Waals surface area contributed by atoms with E-state index in [-0.39, 0.29) is 41.0 Å². The van der Waals surface area contributed by atoms with Crippen LogP contribution in [0.4, 0.5) is 0 Å². The van der Waals surface area contributed by atoms with E-state index >= 15 is 0 Å². The molecule has 0 aromatic heterocycles. The van der Waals surface area contributed by atoms with Crippen molar-refractivity contribution in [1.82, 2.24) is 0 Å². The number of allylic oxidation sites excluding steroid dienone is 1.